The van der Waals surface area contributed by atoms with Gasteiger partial charge in [-0.1, -0.05) is 6.07 Å². The Labute approximate surface area is 83.7 Å². The van der Waals surface area contributed by atoms with Crippen LogP contribution in [0.15, 0.2) is 22.8 Å². The Morgan fingerprint density at radius 2 is 2.23 bits per heavy atom. The summed E-state index contributed by atoms with van der Waals surface area (Å²) in [5, 5.41) is 0. The highest BCUT2D eigenvalue weighted by atomic mass is 79.9. The van der Waals surface area contributed by atoms with Gasteiger partial charge in [0.05, 0.1) is 6.54 Å². The van der Waals surface area contributed by atoms with E-state index in [4.69, 9.17) is 0 Å². The largest absolute Gasteiger partial charge is 0.354 e. The number of alkyl halides is 2. The Balaban J connectivity index is 2.71. The first-order chi connectivity index (χ1) is 6.09. The van der Waals surface area contributed by atoms with Gasteiger partial charge in [-0.3, -0.25) is 0 Å². The summed E-state index contributed by atoms with van der Waals surface area (Å²) >= 11 is 3.17. The van der Waals surface area contributed by atoms with Gasteiger partial charge in [0.2, 0.25) is 0 Å². The molecular weight excluding hydrogens is 242 g/mol. The summed E-state index contributed by atoms with van der Waals surface area (Å²) in [5.41, 5.74) is 0. The summed E-state index contributed by atoms with van der Waals surface area (Å²) in [6, 6.07) is 5.20. The molecule has 0 aliphatic heterocycles. The van der Waals surface area contributed by atoms with Crippen LogP contribution in [0.5, 0.6) is 0 Å². The van der Waals surface area contributed by atoms with Gasteiger partial charge in [-0.25, -0.2) is 13.8 Å². The lowest BCUT2D eigenvalue weighted by molar-refractivity contribution is 0.156. The molecule has 72 valence electrons. The molecule has 1 heterocycles. The van der Waals surface area contributed by atoms with Gasteiger partial charge >= 0.3 is 0 Å². The Bertz CT molecular complexity index is 281. The minimum Gasteiger partial charge on any atom is -0.354 e. The van der Waals surface area contributed by atoms with Crippen LogP contribution < -0.4 is 4.90 Å². The molecule has 0 N–H and O–H groups in total. The molecule has 0 spiro atoms. The maximum atomic E-state index is 12.0. The van der Waals surface area contributed by atoms with E-state index in [1.807, 2.05) is 0 Å². The van der Waals surface area contributed by atoms with Crippen molar-refractivity contribution >= 4 is 21.7 Å². The first kappa shape index (κ1) is 10.4. The van der Waals surface area contributed by atoms with Gasteiger partial charge in [0, 0.05) is 7.05 Å². The Morgan fingerprint density at radius 3 is 2.77 bits per heavy atom. The maximum absolute atomic E-state index is 12.0. The van der Waals surface area contributed by atoms with E-state index in [2.05, 4.69) is 20.9 Å². The van der Waals surface area contributed by atoms with Gasteiger partial charge in [0.1, 0.15) is 10.4 Å². The molecule has 1 rings (SSSR count). The number of nitrogens with zero attached hydrogens (tertiary/aromatic N) is 2. The second kappa shape index (κ2) is 4.50. The molecule has 1 aromatic rings. The van der Waals surface area contributed by atoms with Crippen molar-refractivity contribution in [1.29, 1.82) is 0 Å². The van der Waals surface area contributed by atoms with E-state index < -0.39 is 6.43 Å². The fourth-order valence-electron chi connectivity index (χ4n) is 0.911. The van der Waals surface area contributed by atoms with Crippen molar-refractivity contribution < 1.29 is 8.78 Å². The van der Waals surface area contributed by atoms with E-state index in [1.54, 1.807) is 25.2 Å². The molecule has 0 aliphatic rings. The molecule has 0 aromatic carbocycles. The third kappa shape index (κ3) is 3.26. The molecule has 5 heteroatoms. The SMILES string of the molecule is CN(CC(F)F)c1cccc(Br)n1. The van der Waals surface area contributed by atoms with Crippen LogP contribution in [-0.4, -0.2) is 25.0 Å². The number of hydrogen-bond donors (Lipinski definition) is 0. The second-order valence-corrected chi connectivity index (χ2v) is 3.40. The third-order valence-electron chi connectivity index (χ3n) is 1.50. The van der Waals surface area contributed by atoms with Gasteiger partial charge in [0.15, 0.2) is 0 Å². The molecule has 0 bridgehead atoms. The number of anilines is 1. The zero-order chi connectivity index (χ0) is 9.84. The van der Waals surface area contributed by atoms with Crippen LogP contribution in [0.3, 0.4) is 0 Å². The van der Waals surface area contributed by atoms with Crippen LogP contribution in [0.25, 0.3) is 0 Å². The number of halogens is 3. The summed E-state index contributed by atoms with van der Waals surface area (Å²) in [6.45, 7) is -0.302. The molecule has 0 atom stereocenters. The fraction of sp³-hybridized carbons (Fsp3) is 0.375. The number of hydrogen-bond acceptors (Lipinski definition) is 2. The van der Waals surface area contributed by atoms with E-state index in [-0.39, 0.29) is 6.54 Å². The number of pyridine rings is 1. The Morgan fingerprint density at radius 1 is 1.54 bits per heavy atom. The second-order valence-electron chi connectivity index (χ2n) is 2.59. The van der Waals surface area contributed by atoms with E-state index in [0.29, 0.717) is 10.4 Å². The van der Waals surface area contributed by atoms with Gasteiger partial charge in [-0.15, -0.1) is 0 Å². The standard InChI is InChI=1S/C8H9BrF2N2/c1-13(5-7(10)11)8-4-2-3-6(9)12-8/h2-4,7H,5H2,1H3. The van der Waals surface area contributed by atoms with Crippen molar-refractivity contribution in [1.82, 2.24) is 4.98 Å². The van der Waals surface area contributed by atoms with Crippen molar-refractivity contribution in [2.24, 2.45) is 0 Å². The minimum atomic E-state index is -2.34. The summed E-state index contributed by atoms with van der Waals surface area (Å²) in [6.07, 6.45) is -2.34. The number of aromatic nitrogens is 1. The smallest absolute Gasteiger partial charge is 0.255 e. The predicted octanol–water partition coefficient (Wildman–Crippen LogP) is 2.55. The lowest BCUT2D eigenvalue weighted by atomic mass is 10.4. The van der Waals surface area contributed by atoms with E-state index in [0.717, 1.165) is 0 Å². The molecule has 2 nitrogen and oxygen atoms in total. The van der Waals surface area contributed by atoms with Crippen molar-refractivity contribution in [2.45, 2.75) is 6.43 Å². The Kier molecular flexibility index (Phi) is 3.59. The average Bonchev–Trinajstić information content (AvgIpc) is 2.03. The van der Waals surface area contributed by atoms with E-state index in [1.165, 1.54) is 4.90 Å². The van der Waals surface area contributed by atoms with Gasteiger partial charge in [-0.05, 0) is 28.1 Å². The van der Waals surface area contributed by atoms with Gasteiger partial charge < -0.3 is 4.90 Å². The molecule has 0 saturated heterocycles. The highest BCUT2D eigenvalue weighted by Gasteiger charge is 2.09. The molecule has 0 radical (unpaired) electrons. The summed E-state index contributed by atoms with van der Waals surface area (Å²) in [5.74, 6) is 0.537. The molecular formula is C8H9BrF2N2. The van der Waals surface area contributed by atoms with Crippen LogP contribution in [0.1, 0.15) is 0 Å². The van der Waals surface area contributed by atoms with Gasteiger partial charge in [-0.2, -0.15) is 0 Å². The lowest BCUT2D eigenvalue weighted by Gasteiger charge is -2.17. The zero-order valence-corrected chi connectivity index (χ0v) is 8.63. The highest BCUT2D eigenvalue weighted by Crippen LogP contribution is 2.14. The van der Waals surface area contributed by atoms with Crippen molar-refractivity contribution in [2.75, 3.05) is 18.5 Å². The molecule has 0 aliphatic carbocycles. The fourth-order valence-corrected chi connectivity index (χ4v) is 1.24. The first-order valence-electron chi connectivity index (χ1n) is 3.71. The first-order valence-corrected chi connectivity index (χ1v) is 4.50. The topological polar surface area (TPSA) is 16.1 Å². The van der Waals surface area contributed by atoms with Crippen LogP contribution in [0.4, 0.5) is 14.6 Å². The van der Waals surface area contributed by atoms with Crippen LogP contribution in [0.2, 0.25) is 0 Å². The minimum absolute atomic E-state index is 0.302. The predicted molar refractivity (Wildman–Crippen MR) is 51.2 cm³/mol. The summed E-state index contributed by atoms with van der Waals surface area (Å²) < 4.78 is 24.6. The normalized spacial score (nSPS) is 10.5. The zero-order valence-electron chi connectivity index (χ0n) is 7.04. The monoisotopic (exact) mass is 250 g/mol. The molecule has 0 amide bonds. The van der Waals surface area contributed by atoms with Crippen molar-refractivity contribution in [3.8, 4) is 0 Å². The molecule has 0 saturated carbocycles. The summed E-state index contributed by atoms with van der Waals surface area (Å²) in [4.78, 5) is 5.45. The molecule has 0 unspecified atom stereocenters. The van der Waals surface area contributed by atoms with Crippen LogP contribution in [-0.2, 0) is 0 Å². The maximum Gasteiger partial charge on any atom is 0.255 e. The van der Waals surface area contributed by atoms with Crippen LogP contribution >= 0.6 is 15.9 Å². The third-order valence-corrected chi connectivity index (χ3v) is 1.95. The van der Waals surface area contributed by atoms with Crippen molar-refractivity contribution in [3.63, 3.8) is 0 Å². The highest BCUT2D eigenvalue weighted by molar-refractivity contribution is 9.10. The summed E-state index contributed by atoms with van der Waals surface area (Å²) in [7, 11) is 1.58. The van der Waals surface area contributed by atoms with Crippen molar-refractivity contribution in [3.05, 3.63) is 22.8 Å². The molecule has 1 aromatic heterocycles. The quantitative estimate of drug-likeness (QED) is 0.767. The van der Waals surface area contributed by atoms with Crippen LogP contribution in [0, 0.1) is 0 Å². The molecule has 0 fully saturated rings. The average molecular weight is 251 g/mol. The molecule has 13 heavy (non-hydrogen) atoms. The lowest BCUT2D eigenvalue weighted by Crippen LogP contribution is -2.24. The number of rotatable bonds is 3. The Hall–Kier alpha value is -0.710. The van der Waals surface area contributed by atoms with Gasteiger partial charge in [0.25, 0.3) is 6.43 Å². The van der Waals surface area contributed by atoms with E-state index in [9.17, 15) is 8.78 Å². The van der Waals surface area contributed by atoms with E-state index >= 15 is 0 Å².